The van der Waals surface area contributed by atoms with Crippen LogP contribution in [-0.4, -0.2) is 46.8 Å². The van der Waals surface area contributed by atoms with Gasteiger partial charge in [0.25, 0.3) is 5.91 Å². The fraction of sp³-hybridized carbons (Fsp3) is 0.562. The number of likely N-dealkylation sites (N-methyl/N-ethyl adjacent to an activating group) is 1. The highest BCUT2D eigenvalue weighted by Gasteiger charge is 2.55. The summed E-state index contributed by atoms with van der Waals surface area (Å²) < 4.78 is 0.657. The summed E-state index contributed by atoms with van der Waals surface area (Å²) in [6, 6.07) is 3.23. The molecule has 1 spiro atoms. The van der Waals surface area contributed by atoms with Gasteiger partial charge in [0.15, 0.2) is 0 Å². The molecule has 1 aliphatic carbocycles. The predicted octanol–water partition coefficient (Wildman–Crippen LogP) is 2.61. The Morgan fingerprint density at radius 2 is 2.00 bits per heavy atom. The Balaban J connectivity index is 1.62. The van der Waals surface area contributed by atoms with E-state index in [1.54, 1.807) is 13.1 Å². The largest absolute Gasteiger partial charge is 0.350 e. The van der Waals surface area contributed by atoms with E-state index in [1.165, 1.54) is 16.2 Å². The van der Waals surface area contributed by atoms with E-state index in [1.807, 2.05) is 6.07 Å². The highest BCUT2D eigenvalue weighted by molar-refractivity contribution is 7.16. The molecule has 0 atom stereocenters. The second-order valence-electron chi connectivity index (χ2n) is 6.31. The molecular weight excluding hydrogens is 350 g/mol. The first-order valence-corrected chi connectivity index (χ1v) is 9.24. The first-order valence-electron chi connectivity index (χ1n) is 8.05. The average molecular weight is 370 g/mol. The molecule has 3 rings (SSSR count). The van der Waals surface area contributed by atoms with Crippen molar-refractivity contribution in [2.75, 3.05) is 13.6 Å². The molecule has 1 aliphatic heterocycles. The summed E-state index contributed by atoms with van der Waals surface area (Å²) in [6.07, 6.45) is 4.31. The summed E-state index contributed by atoms with van der Waals surface area (Å²) in [5, 5.41) is 2.73. The molecule has 8 heteroatoms. The summed E-state index contributed by atoms with van der Waals surface area (Å²) in [7, 11) is 1.66. The van der Waals surface area contributed by atoms with Crippen LogP contribution in [0, 0.1) is 0 Å². The second-order valence-corrected chi connectivity index (χ2v) is 8.11. The van der Waals surface area contributed by atoms with Gasteiger partial charge in [-0.05, 0) is 25.0 Å². The minimum absolute atomic E-state index is 0.232. The molecule has 2 aliphatic rings. The number of amides is 4. The molecule has 0 unspecified atom stereocenters. The predicted molar refractivity (Wildman–Crippen MR) is 91.9 cm³/mol. The van der Waals surface area contributed by atoms with Gasteiger partial charge in [0.05, 0.1) is 10.9 Å². The van der Waals surface area contributed by atoms with Crippen LogP contribution in [0.15, 0.2) is 12.1 Å². The first-order chi connectivity index (χ1) is 11.4. The van der Waals surface area contributed by atoms with Crippen molar-refractivity contribution in [3.63, 3.8) is 0 Å². The van der Waals surface area contributed by atoms with Gasteiger partial charge in [-0.2, -0.15) is 0 Å². The van der Waals surface area contributed by atoms with Crippen molar-refractivity contribution < 1.29 is 14.4 Å². The van der Waals surface area contributed by atoms with Gasteiger partial charge in [0, 0.05) is 11.9 Å². The molecule has 4 amide bonds. The van der Waals surface area contributed by atoms with Gasteiger partial charge in [-0.3, -0.25) is 14.5 Å². The molecule has 1 saturated carbocycles. The molecule has 0 bridgehead atoms. The number of thiophene rings is 1. The maximum Gasteiger partial charge on any atom is 0.327 e. The third kappa shape index (κ3) is 3.02. The Kier molecular flexibility index (Phi) is 4.83. The van der Waals surface area contributed by atoms with E-state index in [9.17, 15) is 14.4 Å². The normalized spacial score (nSPS) is 20.1. The number of carbonyl (C=O) groups excluding carboxylic acids is 3. The number of rotatable bonds is 4. The van der Waals surface area contributed by atoms with Crippen molar-refractivity contribution >= 4 is 40.8 Å². The van der Waals surface area contributed by atoms with Crippen molar-refractivity contribution in [2.45, 2.75) is 44.2 Å². The van der Waals surface area contributed by atoms with Gasteiger partial charge in [-0.15, -0.1) is 11.3 Å². The zero-order chi connectivity index (χ0) is 17.3. The zero-order valence-corrected chi connectivity index (χ0v) is 15.1. The minimum atomic E-state index is -0.739. The number of urea groups is 1. The number of carbonyl (C=O) groups is 3. The minimum Gasteiger partial charge on any atom is -0.350 e. The number of halogens is 1. The first kappa shape index (κ1) is 17.2. The van der Waals surface area contributed by atoms with Crippen molar-refractivity contribution in [3.8, 4) is 0 Å². The van der Waals surface area contributed by atoms with Crippen molar-refractivity contribution in [1.82, 2.24) is 15.1 Å². The highest BCUT2D eigenvalue weighted by atomic mass is 35.5. The fourth-order valence-electron chi connectivity index (χ4n) is 3.50. The third-order valence-corrected chi connectivity index (χ3v) is 6.11. The summed E-state index contributed by atoms with van der Waals surface area (Å²) in [6.45, 7) is 0.107. The third-order valence-electron chi connectivity index (χ3n) is 4.87. The van der Waals surface area contributed by atoms with E-state index in [2.05, 4.69) is 5.32 Å². The van der Waals surface area contributed by atoms with Gasteiger partial charge in [0.2, 0.25) is 5.91 Å². The molecule has 2 heterocycles. The van der Waals surface area contributed by atoms with E-state index in [4.69, 9.17) is 11.6 Å². The zero-order valence-electron chi connectivity index (χ0n) is 13.5. The number of imide groups is 1. The van der Waals surface area contributed by atoms with Crippen molar-refractivity contribution in [1.29, 1.82) is 0 Å². The van der Waals surface area contributed by atoms with E-state index in [0.29, 0.717) is 23.7 Å². The SMILES string of the molecule is CN1C(=O)N(CC(=O)NCc2ccc(Cl)s2)C(=O)C12CCCCC2. The van der Waals surface area contributed by atoms with Gasteiger partial charge in [-0.1, -0.05) is 30.9 Å². The molecule has 1 saturated heterocycles. The van der Waals surface area contributed by atoms with Crippen molar-refractivity contribution in [3.05, 3.63) is 21.3 Å². The lowest BCUT2D eigenvalue weighted by molar-refractivity contribution is -0.137. The summed E-state index contributed by atoms with van der Waals surface area (Å²) >= 11 is 7.24. The molecule has 1 aromatic rings. The molecule has 0 radical (unpaired) electrons. The van der Waals surface area contributed by atoms with E-state index < -0.39 is 5.54 Å². The Labute approximate surface area is 149 Å². The Hall–Kier alpha value is -1.60. The van der Waals surface area contributed by atoms with E-state index in [-0.39, 0.29) is 24.4 Å². The van der Waals surface area contributed by atoms with Crippen LogP contribution in [0.1, 0.15) is 37.0 Å². The Morgan fingerprint density at radius 1 is 1.29 bits per heavy atom. The second kappa shape index (κ2) is 6.72. The van der Waals surface area contributed by atoms with Crippen LogP contribution in [0.4, 0.5) is 4.79 Å². The lowest BCUT2D eigenvalue weighted by atomic mass is 9.81. The quantitative estimate of drug-likeness (QED) is 0.829. The van der Waals surface area contributed by atoms with Gasteiger partial charge in [0.1, 0.15) is 12.1 Å². The molecule has 0 aromatic carbocycles. The van der Waals surface area contributed by atoms with Gasteiger partial charge >= 0.3 is 6.03 Å². The number of hydrogen-bond acceptors (Lipinski definition) is 4. The smallest absolute Gasteiger partial charge is 0.327 e. The number of nitrogens with zero attached hydrogens (tertiary/aromatic N) is 2. The summed E-state index contributed by atoms with van der Waals surface area (Å²) in [4.78, 5) is 40.9. The van der Waals surface area contributed by atoms with Gasteiger partial charge < -0.3 is 10.2 Å². The van der Waals surface area contributed by atoms with Crippen LogP contribution in [0.2, 0.25) is 4.34 Å². The molecule has 1 N–H and O–H groups in total. The fourth-order valence-corrected chi connectivity index (χ4v) is 4.53. The lowest BCUT2D eigenvalue weighted by Gasteiger charge is -2.35. The molecule has 1 aromatic heterocycles. The maximum atomic E-state index is 12.8. The molecular formula is C16H20ClN3O3S. The molecule has 130 valence electrons. The highest BCUT2D eigenvalue weighted by Crippen LogP contribution is 2.39. The Bertz CT molecular complexity index is 669. The maximum absolute atomic E-state index is 12.8. The van der Waals surface area contributed by atoms with Crippen molar-refractivity contribution in [2.24, 2.45) is 0 Å². The van der Waals surface area contributed by atoms with E-state index in [0.717, 1.165) is 29.0 Å². The molecule has 24 heavy (non-hydrogen) atoms. The van der Waals surface area contributed by atoms with Gasteiger partial charge in [-0.25, -0.2) is 4.79 Å². The number of nitrogens with one attached hydrogen (secondary N) is 1. The van der Waals surface area contributed by atoms with E-state index >= 15 is 0 Å². The lowest BCUT2D eigenvalue weighted by Crippen LogP contribution is -2.49. The van der Waals surface area contributed by atoms with Crippen LogP contribution in [0.3, 0.4) is 0 Å². The molecule has 6 nitrogen and oxygen atoms in total. The monoisotopic (exact) mass is 369 g/mol. The average Bonchev–Trinajstić information content (AvgIpc) is 3.07. The topological polar surface area (TPSA) is 69.7 Å². The molecule has 2 fully saturated rings. The van der Waals surface area contributed by atoms with Crippen LogP contribution >= 0.6 is 22.9 Å². The van der Waals surface area contributed by atoms with Crippen LogP contribution in [0.25, 0.3) is 0 Å². The van der Waals surface area contributed by atoms with Crippen LogP contribution in [0.5, 0.6) is 0 Å². The standard InChI is InChI=1S/C16H20ClN3O3S/c1-19-15(23)20(14(22)16(19)7-3-2-4-8-16)10-13(21)18-9-11-5-6-12(17)24-11/h5-6H,2-4,7-10H2,1H3,(H,18,21). The van der Waals surface area contributed by atoms with Crippen LogP contribution < -0.4 is 5.32 Å². The summed E-state index contributed by atoms with van der Waals surface area (Å²) in [5.41, 5.74) is -0.739. The van der Waals surface area contributed by atoms with Crippen LogP contribution in [-0.2, 0) is 16.1 Å². The number of hydrogen-bond donors (Lipinski definition) is 1. The summed E-state index contributed by atoms with van der Waals surface area (Å²) in [5.74, 6) is -0.577. The Morgan fingerprint density at radius 3 is 2.62 bits per heavy atom.